The van der Waals surface area contributed by atoms with E-state index in [4.69, 9.17) is 22.1 Å². The first-order chi connectivity index (χ1) is 10.1. The monoisotopic (exact) mass is 304 g/mol. The summed E-state index contributed by atoms with van der Waals surface area (Å²) in [5, 5.41) is 3.46. The van der Waals surface area contributed by atoms with E-state index in [0.29, 0.717) is 36.0 Å². The molecule has 110 valence electrons. The Morgan fingerprint density at radius 2 is 2.00 bits per heavy atom. The minimum atomic E-state index is -0.159. The first-order valence-corrected chi connectivity index (χ1v) is 6.99. The van der Waals surface area contributed by atoms with Gasteiger partial charge in [0.15, 0.2) is 0 Å². The van der Waals surface area contributed by atoms with Crippen molar-refractivity contribution in [3.63, 3.8) is 0 Å². The number of halogens is 1. The summed E-state index contributed by atoms with van der Waals surface area (Å²) in [6.07, 6.45) is 0. The summed E-state index contributed by atoms with van der Waals surface area (Å²) < 4.78 is 5.49. The van der Waals surface area contributed by atoms with Crippen LogP contribution in [0.2, 0.25) is 5.02 Å². The fourth-order valence-corrected chi connectivity index (χ4v) is 2.05. The fourth-order valence-electron chi connectivity index (χ4n) is 1.84. The number of nitrogens with one attached hydrogen (secondary N) is 1. The van der Waals surface area contributed by atoms with Gasteiger partial charge in [0.1, 0.15) is 0 Å². The van der Waals surface area contributed by atoms with Crippen LogP contribution in [-0.4, -0.2) is 19.1 Å². The zero-order valence-corrected chi connectivity index (χ0v) is 12.3. The van der Waals surface area contributed by atoms with Crippen molar-refractivity contribution in [1.82, 2.24) is 5.32 Å². The van der Waals surface area contributed by atoms with Crippen molar-refractivity contribution in [1.29, 1.82) is 0 Å². The molecule has 0 aromatic heterocycles. The van der Waals surface area contributed by atoms with Crippen LogP contribution in [-0.2, 0) is 11.3 Å². The second kappa shape index (κ2) is 7.67. The molecule has 0 aliphatic carbocycles. The number of nitrogens with two attached hydrogens (primary N) is 1. The molecule has 2 aromatic rings. The smallest absolute Gasteiger partial charge is 0.251 e. The van der Waals surface area contributed by atoms with Crippen molar-refractivity contribution in [3.05, 3.63) is 64.7 Å². The van der Waals surface area contributed by atoms with Crippen molar-refractivity contribution in [2.45, 2.75) is 6.61 Å². The molecule has 0 saturated carbocycles. The van der Waals surface area contributed by atoms with Crippen LogP contribution >= 0.6 is 11.6 Å². The Labute approximate surface area is 128 Å². The molecule has 2 aromatic carbocycles. The van der Waals surface area contributed by atoms with Crippen molar-refractivity contribution < 1.29 is 9.53 Å². The summed E-state index contributed by atoms with van der Waals surface area (Å²) in [7, 11) is 0. The van der Waals surface area contributed by atoms with Crippen LogP contribution in [0, 0.1) is 0 Å². The predicted molar refractivity (Wildman–Crippen MR) is 84.3 cm³/mol. The van der Waals surface area contributed by atoms with E-state index in [1.54, 1.807) is 24.3 Å². The highest BCUT2D eigenvalue weighted by Gasteiger charge is 2.04. The van der Waals surface area contributed by atoms with Gasteiger partial charge >= 0.3 is 0 Å². The van der Waals surface area contributed by atoms with Gasteiger partial charge in [-0.3, -0.25) is 4.79 Å². The minimum Gasteiger partial charge on any atom is -0.399 e. The van der Waals surface area contributed by atoms with Gasteiger partial charge in [0.2, 0.25) is 0 Å². The van der Waals surface area contributed by atoms with Gasteiger partial charge in [-0.15, -0.1) is 0 Å². The lowest BCUT2D eigenvalue weighted by molar-refractivity contribution is 0.0901. The molecule has 0 unspecified atom stereocenters. The van der Waals surface area contributed by atoms with Gasteiger partial charge in [-0.2, -0.15) is 0 Å². The Balaban J connectivity index is 1.69. The van der Waals surface area contributed by atoms with E-state index in [0.717, 1.165) is 5.56 Å². The third-order valence-corrected chi connectivity index (χ3v) is 3.07. The number of rotatable bonds is 6. The second-order valence-corrected chi connectivity index (χ2v) is 5.00. The number of ether oxygens (including phenoxy) is 1. The Morgan fingerprint density at radius 1 is 1.19 bits per heavy atom. The number of carbonyl (C=O) groups is 1. The van der Waals surface area contributed by atoms with Crippen LogP contribution in [0.5, 0.6) is 0 Å². The van der Waals surface area contributed by atoms with Crippen molar-refractivity contribution in [2.24, 2.45) is 0 Å². The number of carbonyl (C=O) groups excluding carboxylic acids is 1. The molecule has 2 rings (SSSR count). The van der Waals surface area contributed by atoms with E-state index in [1.165, 1.54) is 0 Å². The van der Waals surface area contributed by atoms with Crippen LogP contribution in [0.4, 0.5) is 5.69 Å². The van der Waals surface area contributed by atoms with E-state index in [2.05, 4.69) is 5.32 Å². The van der Waals surface area contributed by atoms with E-state index in [-0.39, 0.29) is 5.91 Å². The molecule has 0 fully saturated rings. The fraction of sp³-hybridized carbons (Fsp3) is 0.188. The molecule has 0 aliphatic rings. The predicted octanol–water partition coefficient (Wildman–Crippen LogP) is 2.87. The van der Waals surface area contributed by atoms with E-state index < -0.39 is 0 Å². The van der Waals surface area contributed by atoms with Crippen LogP contribution in [0.25, 0.3) is 0 Å². The summed E-state index contributed by atoms with van der Waals surface area (Å²) in [6.45, 7) is 1.34. The first kappa shape index (κ1) is 15.4. The molecule has 0 atom stereocenters. The number of hydrogen-bond donors (Lipinski definition) is 2. The molecule has 0 saturated heterocycles. The number of anilines is 1. The lowest BCUT2D eigenvalue weighted by atomic mass is 10.2. The topological polar surface area (TPSA) is 64.4 Å². The molecule has 5 heteroatoms. The summed E-state index contributed by atoms with van der Waals surface area (Å²) in [4.78, 5) is 11.8. The maximum Gasteiger partial charge on any atom is 0.251 e. The van der Waals surface area contributed by atoms with Gasteiger partial charge in [0.25, 0.3) is 5.91 Å². The molecule has 0 radical (unpaired) electrons. The van der Waals surface area contributed by atoms with E-state index in [1.807, 2.05) is 24.3 Å². The van der Waals surface area contributed by atoms with Gasteiger partial charge in [-0.1, -0.05) is 29.8 Å². The summed E-state index contributed by atoms with van der Waals surface area (Å²) in [5.41, 5.74) is 7.75. The highest BCUT2D eigenvalue weighted by atomic mass is 35.5. The second-order valence-electron chi connectivity index (χ2n) is 4.56. The average molecular weight is 305 g/mol. The van der Waals surface area contributed by atoms with Gasteiger partial charge < -0.3 is 15.8 Å². The number of nitrogen functional groups attached to an aromatic ring is 1. The van der Waals surface area contributed by atoms with E-state index >= 15 is 0 Å². The largest absolute Gasteiger partial charge is 0.399 e. The third-order valence-electron chi connectivity index (χ3n) is 2.84. The van der Waals surface area contributed by atoms with Crippen molar-refractivity contribution in [3.8, 4) is 0 Å². The maximum atomic E-state index is 11.8. The molecule has 0 heterocycles. The quantitative estimate of drug-likeness (QED) is 0.637. The Hall–Kier alpha value is -2.04. The van der Waals surface area contributed by atoms with E-state index in [9.17, 15) is 4.79 Å². The number of benzene rings is 2. The average Bonchev–Trinajstić information content (AvgIpc) is 2.47. The van der Waals surface area contributed by atoms with Crippen LogP contribution in [0.3, 0.4) is 0 Å². The van der Waals surface area contributed by atoms with Crippen LogP contribution in [0.15, 0.2) is 48.5 Å². The zero-order valence-electron chi connectivity index (χ0n) is 11.5. The van der Waals surface area contributed by atoms with Crippen LogP contribution < -0.4 is 11.1 Å². The molecule has 1 amide bonds. The summed E-state index contributed by atoms with van der Waals surface area (Å²) in [6, 6.07) is 14.3. The highest BCUT2D eigenvalue weighted by Crippen LogP contribution is 2.11. The number of amides is 1. The highest BCUT2D eigenvalue weighted by molar-refractivity contribution is 6.30. The zero-order chi connectivity index (χ0) is 15.1. The third kappa shape index (κ3) is 5.10. The Bertz CT molecular complexity index is 617. The molecule has 3 N–H and O–H groups in total. The lowest BCUT2D eigenvalue weighted by Gasteiger charge is -2.07. The molecule has 0 spiro atoms. The maximum absolute atomic E-state index is 11.8. The first-order valence-electron chi connectivity index (χ1n) is 6.61. The molecular formula is C16H17ClN2O2. The SMILES string of the molecule is Nc1cccc(C(=O)NCCOCc2cccc(Cl)c2)c1. The van der Waals surface area contributed by atoms with Gasteiger partial charge in [0, 0.05) is 22.8 Å². The van der Waals surface area contributed by atoms with Gasteiger partial charge in [-0.05, 0) is 35.9 Å². The standard InChI is InChI=1S/C16H17ClN2O2/c17-14-5-1-3-12(9-14)11-21-8-7-19-16(20)13-4-2-6-15(18)10-13/h1-6,9-10H,7-8,11,18H2,(H,19,20). The van der Waals surface area contributed by atoms with Crippen LogP contribution in [0.1, 0.15) is 15.9 Å². The Kier molecular flexibility index (Phi) is 5.60. The van der Waals surface area contributed by atoms with Gasteiger partial charge in [0.05, 0.1) is 13.2 Å². The van der Waals surface area contributed by atoms with Gasteiger partial charge in [-0.25, -0.2) is 0 Å². The summed E-state index contributed by atoms with van der Waals surface area (Å²) in [5.74, 6) is -0.159. The molecule has 0 bridgehead atoms. The van der Waals surface area contributed by atoms with Crippen molar-refractivity contribution in [2.75, 3.05) is 18.9 Å². The lowest BCUT2D eigenvalue weighted by Crippen LogP contribution is -2.27. The summed E-state index contributed by atoms with van der Waals surface area (Å²) >= 11 is 5.88. The Morgan fingerprint density at radius 3 is 2.76 bits per heavy atom. The normalized spacial score (nSPS) is 10.3. The molecule has 0 aliphatic heterocycles. The molecular weight excluding hydrogens is 288 g/mol. The molecule has 4 nitrogen and oxygen atoms in total. The molecule has 21 heavy (non-hydrogen) atoms. The number of hydrogen-bond acceptors (Lipinski definition) is 3. The van der Waals surface area contributed by atoms with Crippen molar-refractivity contribution >= 4 is 23.2 Å². The minimum absolute atomic E-state index is 0.159.